The highest BCUT2D eigenvalue weighted by Crippen LogP contribution is 2.19. The van der Waals surface area contributed by atoms with Gasteiger partial charge in [-0.3, -0.25) is 9.59 Å². The average molecular weight is 286 g/mol. The summed E-state index contributed by atoms with van der Waals surface area (Å²) in [6, 6.07) is -1.78. The Bertz CT molecular complexity index is 398. The van der Waals surface area contributed by atoms with Crippen LogP contribution in [0.4, 0.5) is 0 Å². The SMILES string of the molecule is CC[C@@H](C)[C@@H](NC(=O)[C@@H]1C[C@@H](O)CN1C(C)=O)C(=O)O. The Kier molecular flexibility index (Phi) is 5.50. The van der Waals surface area contributed by atoms with Gasteiger partial charge < -0.3 is 20.4 Å². The molecule has 1 rings (SSSR count). The van der Waals surface area contributed by atoms with Crippen LogP contribution in [0.1, 0.15) is 33.6 Å². The van der Waals surface area contributed by atoms with E-state index in [0.29, 0.717) is 6.42 Å². The van der Waals surface area contributed by atoms with Crippen LogP contribution < -0.4 is 5.32 Å². The average Bonchev–Trinajstić information content (AvgIpc) is 2.76. The molecule has 0 aliphatic carbocycles. The Morgan fingerprint density at radius 1 is 1.40 bits per heavy atom. The smallest absolute Gasteiger partial charge is 0.326 e. The van der Waals surface area contributed by atoms with Gasteiger partial charge in [0.2, 0.25) is 11.8 Å². The zero-order valence-corrected chi connectivity index (χ0v) is 12.0. The number of hydrogen-bond donors (Lipinski definition) is 3. The number of carbonyl (C=O) groups is 3. The van der Waals surface area contributed by atoms with E-state index in [-0.39, 0.29) is 24.8 Å². The molecule has 0 spiro atoms. The van der Waals surface area contributed by atoms with Gasteiger partial charge >= 0.3 is 5.97 Å². The second kappa shape index (κ2) is 6.69. The minimum Gasteiger partial charge on any atom is -0.480 e. The molecule has 0 aromatic heterocycles. The molecular formula is C13H22N2O5. The van der Waals surface area contributed by atoms with Crippen LogP contribution in [-0.4, -0.2) is 57.6 Å². The summed E-state index contributed by atoms with van der Waals surface area (Å²) >= 11 is 0. The number of carboxylic acid groups (broad SMARTS) is 1. The van der Waals surface area contributed by atoms with Crippen LogP contribution in [0.15, 0.2) is 0 Å². The van der Waals surface area contributed by atoms with E-state index in [1.807, 2.05) is 6.92 Å². The van der Waals surface area contributed by atoms with E-state index in [4.69, 9.17) is 5.11 Å². The highest BCUT2D eigenvalue weighted by molar-refractivity contribution is 5.90. The van der Waals surface area contributed by atoms with Gasteiger partial charge in [-0.1, -0.05) is 20.3 Å². The number of likely N-dealkylation sites (tertiary alicyclic amines) is 1. The molecule has 1 aliphatic rings. The lowest BCUT2D eigenvalue weighted by Gasteiger charge is -2.26. The summed E-state index contributed by atoms with van der Waals surface area (Å²) in [5.74, 6) is -2.14. The zero-order valence-electron chi connectivity index (χ0n) is 12.0. The molecule has 1 aliphatic heterocycles. The molecule has 0 unspecified atom stereocenters. The summed E-state index contributed by atoms with van der Waals surface area (Å²) in [7, 11) is 0. The quantitative estimate of drug-likeness (QED) is 0.636. The van der Waals surface area contributed by atoms with Crippen LogP contribution >= 0.6 is 0 Å². The standard InChI is InChI=1S/C13H22N2O5/c1-4-7(2)11(13(19)20)14-12(18)10-5-9(17)6-15(10)8(3)16/h7,9-11,17H,4-6H2,1-3H3,(H,14,18)(H,19,20)/t7-,9-,10+,11-/m1/s1. The van der Waals surface area contributed by atoms with Crippen LogP contribution in [-0.2, 0) is 14.4 Å². The highest BCUT2D eigenvalue weighted by atomic mass is 16.4. The number of amides is 2. The van der Waals surface area contributed by atoms with Gasteiger partial charge in [-0.15, -0.1) is 0 Å². The van der Waals surface area contributed by atoms with Gasteiger partial charge in [0.1, 0.15) is 12.1 Å². The highest BCUT2D eigenvalue weighted by Gasteiger charge is 2.39. The predicted octanol–water partition coefficient (Wildman–Crippen LogP) is -0.416. The molecule has 20 heavy (non-hydrogen) atoms. The van der Waals surface area contributed by atoms with Crippen LogP contribution in [0.2, 0.25) is 0 Å². The summed E-state index contributed by atoms with van der Waals surface area (Å²) in [5, 5.41) is 21.2. The van der Waals surface area contributed by atoms with Crippen LogP contribution in [0, 0.1) is 5.92 Å². The normalized spacial score (nSPS) is 25.1. The van der Waals surface area contributed by atoms with Crippen LogP contribution in [0.25, 0.3) is 0 Å². The van der Waals surface area contributed by atoms with Gasteiger partial charge in [0.05, 0.1) is 6.10 Å². The molecule has 1 saturated heterocycles. The summed E-state index contributed by atoms with van der Waals surface area (Å²) in [5.41, 5.74) is 0. The van der Waals surface area contributed by atoms with Crippen LogP contribution in [0.3, 0.4) is 0 Å². The number of hydrogen-bond acceptors (Lipinski definition) is 4. The number of aliphatic hydroxyl groups is 1. The molecular weight excluding hydrogens is 264 g/mol. The van der Waals surface area contributed by atoms with Gasteiger partial charge in [-0.2, -0.15) is 0 Å². The lowest BCUT2D eigenvalue weighted by atomic mass is 9.98. The summed E-state index contributed by atoms with van der Waals surface area (Å²) in [6.07, 6.45) is 0.000639. The molecule has 1 heterocycles. The van der Waals surface area contributed by atoms with Gasteiger partial charge in [-0.25, -0.2) is 4.79 Å². The molecule has 3 N–H and O–H groups in total. The van der Waals surface area contributed by atoms with E-state index < -0.39 is 30.1 Å². The van der Waals surface area contributed by atoms with Gasteiger partial charge in [0, 0.05) is 19.9 Å². The molecule has 4 atom stereocenters. The maximum Gasteiger partial charge on any atom is 0.326 e. The molecule has 0 aromatic carbocycles. The molecule has 2 amide bonds. The van der Waals surface area contributed by atoms with Crippen molar-refractivity contribution < 1.29 is 24.6 Å². The first-order valence-electron chi connectivity index (χ1n) is 6.76. The topological polar surface area (TPSA) is 107 Å². The molecule has 0 saturated carbocycles. The lowest BCUT2D eigenvalue weighted by Crippen LogP contribution is -2.52. The van der Waals surface area contributed by atoms with E-state index in [1.54, 1.807) is 6.92 Å². The number of rotatable bonds is 5. The van der Waals surface area contributed by atoms with Gasteiger partial charge in [0.15, 0.2) is 0 Å². The summed E-state index contributed by atoms with van der Waals surface area (Å²) in [4.78, 5) is 36.1. The van der Waals surface area contributed by atoms with Crippen molar-refractivity contribution in [1.29, 1.82) is 0 Å². The number of carbonyl (C=O) groups excluding carboxylic acids is 2. The second-order valence-corrected chi connectivity index (χ2v) is 5.29. The number of aliphatic carboxylic acids is 1. The monoisotopic (exact) mass is 286 g/mol. The van der Waals surface area contributed by atoms with Crippen molar-refractivity contribution in [2.45, 2.75) is 51.8 Å². The molecule has 114 valence electrons. The largest absolute Gasteiger partial charge is 0.480 e. The van der Waals surface area contributed by atoms with Crippen molar-refractivity contribution in [1.82, 2.24) is 10.2 Å². The minimum absolute atomic E-state index is 0.106. The predicted molar refractivity (Wildman–Crippen MR) is 70.8 cm³/mol. The Hall–Kier alpha value is -1.63. The van der Waals surface area contributed by atoms with E-state index in [2.05, 4.69) is 5.32 Å². The maximum atomic E-state index is 12.2. The maximum absolute atomic E-state index is 12.2. The van der Waals surface area contributed by atoms with E-state index in [9.17, 15) is 19.5 Å². The number of carboxylic acids is 1. The molecule has 1 fully saturated rings. The number of nitrogens with zero attached hydrogens (tertiary/aromatic N) is 1. The Balaban J connectivity index is 2.78. The fraction of sp³-hybridized carbons (Fsp3) is 0.769. The zero-order chi connectivity index (χ0) is 15.4. The Morgan fingerprint density at radius 3 is 2.45 bits per heavy atom. The number of nitrogens with one attached hydrogen (secondary N) is 1. The summed E-state index contributed by atoms with van der Waals surface area (Å²) < 4.78 is 0. The second-order valence-electron chi connectivity index (χ2n) is 5.29. The number of aliphatic hydroxyl groups excluding tert-OH is 1. The fourth-order valence-electron chi connectivity index (χ4n) is 2.34. The van der Waals surface area contributed by atoms with Crippen molar-refractivity contribution in [3.63, 3.8) is 0 Å². The molecule has 0 radical (unpaired) electrons. The van der Waals surface area contributed by atoms with Gasteiger partial charge in [-0.05, 0) is 5.92 Å². The minimum atomic E-state index is -1.10. The molecule has 7 heteroatoms. The molecule has 0 bridgehead atoms. The van der Waals surface area contributed by atoms with Gasteiger partial charge in [0.25, 0.3) is 0 Å². The van der Waals surface area contributed by atoms with Crippen molar-refractivity contribution in [3.05, 3.63) is 0 Å². The Labute approximate surface area is 117 Å². The molecule has 0 aromatic rings. The number of β-amino-alcohol motifs (C(OH)–C–C–N with tert-alkyl or cyclic N) is 1. The fourth-order valence-corrected chi connectivity index (χ4v) is 2.34. The third-order valence-electron chi connectivity index (χ3n) is 3.76. The Morgan fingerprint density at radius 2 is 2.00 bits per heavy atom. The summed E-state index contributed by atoms with van der Waals surface area (Å²) in [6.45, 7) is 5.01. The van der Waals surface area contributed by atoms with E-state index in [1.165, 1.54) is 11.8 Å². The van der Waals surface area contributed by atoms with Crippen molar-refractivity contribution >= 4 is 17.8 Å². The van der Waals surface area contributed by atoms with E-state index >= 15 is 0 Å². The first-order chi connectivity index (χ1) is 9.27. The first kappa shape index (κ1) is 16.4. The first-order valence-corrected chi connectivity index (χ1v) is 6.76. The third kappa shape index (κ3) is 3.69. The van der Waals surface area contributed by atoms with Crippen molar-refractivity contribution in [2.24, 2.45) is 5.92 Å². The van der Waals surface area contributed by atoms with Crippen LogP contribution in [0.5, 0.6) is 0 Å². The van der Waals surface area contributed by atoms with Crippen molar-refractivity contribution in [2.75, 3.05) is 6.54 Å². The third-order valence-corrected chi connectivity index (χ3v) is 3.76. The molecule has 7 nitrogen and oxygen atoms in total. The van der Waals surface area contributed by atoms with E-state index in [0.717, 1.165) is 0 Å². The lowest BCUT2D eigenvalue weighted by molar-refractivity contribution is -0.144. The van der Waals surface area contributed by atoms with Crippen molar-refractivity contribution in [3.8, 4) is 0 Å².